The second kappa shape index (κ2) is 4.01. The van der Waals surface area contributed by atoms with E-state index in [-0.39, 0.29) is 20.3 Å². The maximum absolute atomic E-state index is 10.4. The smallest absolute Gasteiger partial charge is 0.258 e. The molecule has 14 heavy (non-hydrogen) atoms. The third-order valence-electron chi connectivity index (χ3n) is 1.43. The minimum atomic E-state index is -0.626. The number of rotatable bonds is 2. The molecule has 1 aromatic carbocycles. The van der Waals surface area contributed by atoms with Gasteiger partial charge in [-0.25, -0.2) is 0 Å². The highest BCUT2D eigenvalue weighted by Crippen LogP contribution is 2.38. The summed E-state index contributed by atoms with van der Waals surface area (Å²) in [5, 5.41) is 20.9. The van der Waals surface area contributed by atoms with E-state index in [4.69, 9.17) is 0 Å². The molecule has 0 N–H and O–H groups in total. The highest BCUT2D eigenvalue weighted by atomic mass is 79.9. The number of halogens is 2. The first-order valence-corrected chi connectivity index (χ1v) is 4.80. The maximum atomic E-state index is 10.4. The fourth-order valence-corrected chi connectivity index (χ4v) is 1.77. The van der Waals surface area contributed by atoms with E-state index in [1.165, 1.54) is 0 Å². The summed E-state index contributed by atoms with van der Waals surface area (Å²) >= 11 is 5.81. The van der Waals surface area contributed by atoms with E-state index < -0.39 is 9.85 Å². The average molecular weight is 326 g/mol. The molecule has 0 aliphatic rings. The van der Waals surface area contributed by atoms with Crippen LogP contribution in [0.2, 0.25) is 0 Å². The maximum Gasteiger partial charge on any atom is 0.285 e. The molecule has 0 amide bonds. The van der Waals surface area contributed by atoms with Crippen molar-refractivity contribution in [3.8, 4) is 0 Å². The average Bonchev–Trinajstić information content (AvgIpc) is 2.08. The lowest BCUT2D eigenvalue weighted by Gasteiger charge is -1.98. The summed E-state index contributed by atoms with van der Waals surface area (Å²) in [6, 6.07) is 2.15. The van der Waals surface area contributed by atoms with Crippen LogP contribution in [0.5, 0.6) is 0 Å². The summed E-state index contributed by atoms with van der Waals surface area (Å²) in [7, 11) is 0. The number of nitrogens with zero attached hydrogens (tertiary/aromatic N) is 2. The molecule has 0 atom stereocenters. The number of hydrogen-bond acceptors (Lipinski definition) is 4. The zero-order chi connectivity index (χ0) is 10.9. The Labute approximate surface area is 94.5 Å². The summed E-state index contributed by atoms with van der Waals surface area (Å²) in [6.45, 7) is 0. The number of nitro groups is 2. The minimum Gasteiger partial charge on any atom is -0.258 e. The molecule has 74 valence electrons. The fraction of sp³-hybridized carbons (Fsp3) is 0. The quantitative estimate of drug-likeness (QED) is 0.617. The molecule has 0 radical (unpaired) electrons. The zero-order valence-corrected chi connectivity index (χ0v) is 9.61. The first-order valence-electron chi connectivity index (χ1n) is 3.22. The predicted molar refractivity (Wildman–Crippen MR) is 55.2 cm³/mol. The molecular weight excluding hydrogens is 324 g/mol. The molecule has 0 heterocycles. The Hall–Kier alpha value is -1.02. The van der Waals surface area contributed by atoms with Gasteiger partial charge in [-0.15, -0.1) is 0 Å². The standard InChI is InChI=1S/C6H2Br2N2O4/c7-5-3(9(11)12)1-2-4(6(5)8)10(13)14/h1-2H. The minimum absolute atomic E-state index is 0.0664. The van der Waals surface area contributed by atoms with Gasteiger partial charge in [0.2, 0.25) is 0 Å². The first-order chi connectivity index (χ1) is 6.45. The molecule has 1 aromatic rings. The van der Waals surface area contributed by atoms with Crippen molar-refractivity contribution in [1.29, 1.82) is 0 Å². The molecule has 0 aliphatic carbocycles. The number of nitro benzene ring substituents is 2. The van der Waals surface area contributed by atoms with Gasteiger partial charge in [0.25, 0.3) is 11.4 Å². The van der Waals surface area contributed by atoms with Crippen LogP contribution in [-0.4, -0.2) is 9.85 Å². The second-order valence-electron chi connectivity index (χ2n) is 2.25. The lowest BCUT2D eigenvalue weighted by atomic mass is 10.3. The van der Waals surface area contributed by atoms with Gasteiger partial charge in [0.05, 0.1) is 9.85 Å². The van der Waals surface area contributed by atoms with E-state index in [2.05, 4.69) is 31.9 Å². The van der Waals surface area contributed by atoms with E-state index in [1.54, 1.807) is 0 Å². The topological polar surface area (TPSA) is 86.3 Å². The van der Waals surface area contributed by atoms with E-state index in [0.717, 1.165) is 12.1 Å². The van der Waals surface area contributed by atoms with Crippen LogP contribution >= 0.6 is 31.9 Å². The third kappa shape index (κ3) is 1.90. The molecule has 0 saturated carbocycles. The Balaban J connectivity index is 3.41. The van der Waals surface area contributed by atoms with Crippen LogP contribution in [0, 0.1) is 20.2 Å². The molecule has 0 bridgehead atoms. The Morgan fingerprint density at radius 1 is 0.929 bits per heavy atom. The van der Waals surface area contributed by atoms with Crippen molar-refractivity contribution in [2.45, 2.75) is 0 Å². The van der Waals surface area contributed by atoms with Crippen LogP contribution in [0.4, 0.5) is 11.4 Å². The van der Waals surface area contributed by atoms with Crippen molar-refractivity contribution in [3.05, 3.63) is 41.3 Å². The van der Waals surface area contributed by atoms with Crippen LogP contribution in [0.15, 0.2) is 21.1 Å². The molecule has 8 heteroatoms. The van der Waals surface area contributed by atoms with E-state index in [9.17, 15) is 20.2 Å². The normalized spacial score (nSPS) is 9.86. The summed E-state index contributed by atoms with van der Waals surface area (Å²) in [4.78, 5) is 19.6. The summed E-state index contributed by atoms with van der Waals surface area (Å²) in [5.74, 6) is 0. The van der Waals surface area contributed by atoms with Crippen LogP contribution in [0.25, 0.3) is 0 Å². The SMILES string of the molecule is O=[N+]([O-])c1ccc([N+](=O)[O-])c(Br)c1Br. The van der Waals surface area contributed by atoms with Gasteiger partial charge < -0.3 is 0 Å². The van der Waals surface area contributed by atoms with Gasteiger partial charge in [-0.3, -0.25) is 20.2 Å². The van der Waals surface area contributed by atoms with Gasteiger partial charge >= 0.3 is 0 Å². The lowest BCUT2D eigenvalue weighted by molar-refractivity contribution is -0.390. The molecule has 0 fully saturated rings. The van der Waals surface area contributed by atoms with Crippen LogP contribution in [0.3, 0.4) is 0 Å². The first kappa shape index (κ1) is 11.1. The molecule has 0 unspecified atom stereocenters. The molecule has 0 aliphatic heterocycles. The predicted octanol–water partition coefficient (Wildman–Crippen LogP) is 3.03. The van der Waals surface area contributed by atoms with E-state index in [0.29, 0.717) is 0 Å². The Kier molecular flexibility index (Phi) is 3.17. The van der Waals surface area contributed by atoms with Crippen LogP contribution < -0.4 is 0 Å². The van der Waals surface area contributed by atoms with Crippen molar-refractivity contribution < 1.29 is 9.85 Å². The monoisotopic (exact) mass is 324 g/mol. The molecule has 1 rings (SSSR count). The number of hydrogen-bond donors (Lipinski definition) is 0. The Bertz CT molecular complexity index is 382. The summed E-state index contributed by atoms with van der Waals surface area (Å²) < 4.78 is 0.133. The van der Waals surface area contributed by atoms with Gasteiger partial charge in [0, 0.05) is 12.1 Å². The lowest BCUT2D eigenvalue weighted by Crippen LogP contribution is -1.94. The number of benzene rings is 1. The largest absolute Gasteiger partial charge is 0.285 e. The highest BCUT2D eigenvalue weighted by molar-refractivity contribution is 9.13. The molecule has 6 nitrogen and oxygen atoms in total. The van der Waals surface area contributed by atoms with Crippen LogP contribution in [0.1, 0.15) is 0 Å². The molecule has 0 aromatic heterocycles. The summed E-state index contributed by atoms with van der Waals surface area (Å²) in [6.07, 6.45) is 0. The third-order valence-corrected chi connectivity index (χ3v) is 3.57. The van der Waals surface area contributed by atoms with Gasteiger partial charge in [-0.2, -0.15) is 0 Å². The van der Waals surface area contributed by atoms with Crippen LogP contribution in [-0.2, 0) is 0 Å². The second-order valence-corrected chi connectivity index (χ2v) is 3.83. The van der Waals surface area contributed by atoms with E-state index >= 15 is 0 Å². The van der Waals surface area contributed by atoms with Crippen molar-refractivity contribution in [1.82, 2.24) is 0 Å². The molecular formula is C6H2Br2N2O4. The van der Waals surface area contributed by atoms with E-state index in [1.807, 2.05) is 0 Å². The molecule has 0 saturated heterocycles. The van der Waals surface area contributed by atoms with Crippen molar-refractivity contribution in [2.24, 2.45) is 0 Å². The Morgan fingerprint density at radius 2 is 1.21 bits per heavy atom. The molecule has 0 spiro atoms. The van der Waals surface area contributed by atoms with Gasteiger partial charge in [0.15, 0.2) is 0 Å². The van der Waals surface area contributed by atoms with Gasteiger partial charge in [-0.05, 0) is 31.9 Å². The van der Waals surface area contributed by atoms with Gasteiger partial charge in [0.1, 0.15) is 8.95 Å². The highest BCUT2D eigenvalue weighted by Gasteiger charge is 2.22. The van der Waals surface area contributed by atoms with Crippen molar-refractivity contribution >= 4 is 43.2 Å². The van der Waals surface area contributed by atoms with Gasteiger partial charge in [-0.1, -0.05) is 0 Å². The fourth-order valence-electron chi connectivity index (χ4n) is 0.811. The van der Waals surface area contributed by atoms with Crippen molar-refractivity contribution in [3.63, 3.8) is 0 Å². The van der Waals surface area contributed by atoms with Crippen molar-refractivity contribution in [2.75, 3.05) is 0 Å². The summed E-state index contributed by atoms with van der Waals surface area (Å²) in [5.41, 5.74) is -0.440. The Morgan fingerprint density at radius 3 is 1.43 bits per heavy atom. The zero-order valence-electron chi connectivity index (χ0n) is 6.44.